The molecule has 0 atom stereocenters. The Morgan fingerprint density at radius 2 is 1.82 bits per heavy atom. The van der Waals surface area contributed by atoms with E-state index in [-0.39, 0.29) is 0 Å². The number of nitrogens with zero attached hydrogens (tertiary/aromatic N) is 4. The molecule has 1 aromatic heterocycles. The van der Waals surface area contributed by atoms with E-state index in [2.05, 4.69) is 22.0 Å². The summed E-state index contributed by atoms with van der Waals surface area (Å²) in [6, 6.07) is 12.1. The number of pyridine rings is 1. The van der Waals surface area contributed by atoms with Crippen LogP contribution in [0.5, 0.6) is 5.75 Å². The first-order valence-corrected chi connectivity index (χ1v) is 10.2. The smallest absolute Gasteiger partial charge is 0.148 e. The molecule has 1 fully saturated rings. The van der Waals surface area contributed by atoms with Crippen LogP contribution in [0.25, 0.3) is 11.1 Å². The van der Waals surface area contributed by atoms with E-state index in [1.807, 2.05) is 31.2 Å². The van der Waals surface area contributed by atoms with Crippen molar-refractivity contribution in [2.45, 2.75) is 18.4 Å². The summed E-state index contributed by atoms with van der Waals surface area (Å²) in [6.45, 7) is 4.78. The van der Waals surface area contributed by atoms with Gasteiger partial charge in [0.15, 0.2) is 0 Å². The molecule has 3 rings (SSSR count). The predicted molar refractivity (Wildman–Crippen MR) is 110 cm³/mol. The number of ether oxygens (including phenoxy) is 2. The molecule has 0 bridgehead atoms. The molecule has 0 unspecified atom stereocenters. The van der Waals surface area contributed by atoms with Crippen molar-refractivity contribution in [2.75, 3.05) is 44.1 Å². The Balaban J connectivity index is 2.08. The highest BCUT2D eigenvalue weighted by Gasteiger charge is 2.26. The van der Waals surface area contributed by atoms with Crippen molar-refractivity contribution in [1.82, 2.24) is 4.98 Å². The summed E-state index contributed by atoms with van der Waals surface area (Å²) in [6.07, 6.45) is 1.09. The van der Waals surface area contributed by atoms with Crippen LogP contribution in [0.15, 0.2) is 29.3 Å². The third kappa shape index (κ3) is 4.06. The first kappa shape index (κ1) is 20.0. The Morgan fingerprint density at radius 3 is 2.36 bits per heavy atom. The number of hydrogen-bond donors (Lipinski definition) is 0. The second kappa shape index (κ2) is 9.45. The van der Waals surface area contributed by atoms with Crippen LogP contribution in [-0.4, -0.2) is 44.1 Å². The van der Waals surface area contributed by atoms with Crippen LogP contribution in [-0.2, 0) is 4.74 Å². The van der Waals surface area contributed by atoms with Crippen molar-refractivity contribution in [3.63, 3.8) is 0 Å². The highest BCUT2D eigenvalue weighted by atomic mass is 32.2. The van der Waals surface area contributed by atoms with Crippen LogP contribution in [0.3, 0.4) is 0 Å². The van der Waals surface area contributed by atoms with Crippen LogP contribution in [0.2, 0.25) is 0 Å². The molecule has 0 amide bonds. The highest BCUT2D eigenvalue weighted by Crippen LogP contribution is 2.39. The number of hydrogen-bond acceptors (Lipinski definition) is 7. The summed E-state index contributed by atoms with van der Waals surface area (Å²) in [7, 11) is 1.63. The van der Waals surface area contributed by atoms with E-state index in [0.29, 0.717) is 40.7 Å². The molecule has 1 aliphatic heterocycles. The number of rotatable bonds is 8. The molecule has 0 radical (unpaired) electrons. The van der Waals surface area contributed by atoms with E-state index >= 15 is 0 Å². The lowest BCUT2D eigenvalue weighted by atomic mass is 9.96. The second-order valence-corrected chi connectivity index (χ2v) is 7.48. The summed E-state index contributed by atoms with van der Waals surface area (Å²) >= 11 is 1.53. The van der Waals surface area contributed by atoms with Gasteiger partial charge in [0.25, 0.3) is 0 Å². The monoisotopic (exact) mass is 394 g/mol. The van der Waals surface area contributed by atoms with Crippen molar-refractivity contribution < 1.29 is 9.47 Å². The lowest BCUT2D eigenvalue weighted by Gasteiger charge is -2.33. The summed E-state index contributed by atoms with van der Waals surface area (Å²) in [5.41, 5.74) is 2.39. The van der Waals surface area contributed by atoms with Gasteiger partial charge >= 0.3 is 0 Å². The van der Waals surface area contributed by atoms with E-state index in [1.54, 1.807) is 7.11 Å². The second-order valence-electron chi connectivity index (χ2n) is 6.23. The van der Waals surface area contributed by atoms with Crippen LogP contribution in [0.1, 0.15) is 24.5 Å². The molecule has 6 nitrogen and oxygen atoms in total. The fourth-order valence-electron chi connectivity index (χ4n) is 3.01. The van der Waals surface area contributed by atoms with Gasteiger partial charge in [-0.25, -0.2) is 4.98 Å². The van der Waals surface area contributed by atoms with Gasteiger partial charge in [-0.05, 0) is 29.9 Å². The van der Waals surface area contributed by atoms with Crippen molar-refractivity contribution >= 4 is 17.6 Å². The summed E-state index contributed by atoms with van der Waals surface area (Å²) in [5.74, 6) is 2.20. The maximum absolute atomic E-state index is 9.90. The molecule has 0 spiro atoms. The maximum Gasteiger partial charge on any atom is 0.148 e. The first-order chi connectivity index (χ1) is 13.7. The van der Waals surface area contributed by atoms with Crippen LogP contribution in [0, 0.1) is 22.7 Å². The van der Waals surface area contributed by atoms with Gasteiger partial charge in [0.05, 0.1) is 12.2 Å². The molecule has 1 aromatic carbocycles. The highest BCUT2D eigenvalue weighted by molar-refractivity contribution is 7.99. The Hall–Kier alpha value is -2.74. The van der Waals surface area contributed by atoms with E-state index in [1.165, 1.54) is 11.8 Å². The molecular weight excluding hydrogens is 372 g/mol. The fourth-order valence-corrected chi connectivity index (χ4v) is 3.73. The Labute approximate surface area is 169 Å². The van der Waals surface area contributed by atoms with Crippen LogP contribution >= 0.6 is 11.8 Å². The molecule has 2 heterocycles. The third-order valence-corrected chi connectivity index (χ3v) is 5.36. The number of anilines is 1. The molecule has 1 aliphatic rings. The van der Waals surface area contributed by atoms with E-state index in [4.69, 9.17) is 9.47 Å². The maximum atomic E-state index is 9.90. The van der Waals surface area contributed by atoms with Gasteiger partial charge in [0.1, 0.15) is 40.9 Å². The van der Waals surface area contributed by atoms with E-state index in [9.17, 15) is 10.5 Å². The van der Waals surface area contributed by atoms with Gasteiger partial charge < -0.3 is 14.4 Å². The minimum Gasteiger partial charge on any atom is -0.491 e. The number of methoxy groups -OCH3 is 1. The number of benzene rings is 1. The molecule has 28 heavy (non-hydrogen) atoms. The lowest BCUT2D eigenvalue weighted by Crippen LogP contribution is -2.38. The standard InChI is InChI=1S/C21H22N4O2S/c1-3-28-21-18(14-23)19(17(13-22)20(24-21)25-9-4-10-25)15-5-7-16(8-6-15)27-12-11-26-2/h5-8H,3-4,9-12H2,1-2H3. The minimum atomic E-state index is 0.459. The molecule has 2 aromatic rings. The zero-order chi connectivity index (χ0) is 19.9. The normalized spacial score (nSPS) is 12.8. The van der Waals surface area contributed by atoms with Gasteiger partial charge in [-0.3, -0.25) is 0 Å². The van der Waals surface area contributed by atoms with E-state index < -0.39 is 0 Å². The van der Waals surface area contributed by atoms with Crippen molar-refractivity contribution in [3.8, 4) is 29.0 Å². The third-order valence-electron chi connectivity index (χ3n) is 4.50. The van der Waals surface area contributed by atoms with Crippen LogP contribution < -0.4 is 9.64 Å². The minimum absolute atomic E-state index is 0.459. The number of aromatic nitrogens is 1. The van der Waals surface area contributed by atoms with Crippen molar-refractivity contribution in [2.24, 2.45) is 0 Å². The molecule has 144 valence electrons. The van der Waals surface area contributed by atoms with Crippen molar-refractivity contribution in [3.05, 3.63) is 35.4 Å². The largest absolute Gasteiger partial charge is 0.491 e. The lowest BCUT2D eigenvalue weighted by molar-refractivity contribution is 0.146. The summed E-state index contributed by atoms with van der Waals surface area (Å²) in [4.78, 5) is 6.79. The van der Waals surface area contributed by atoms with Gasteiger partial charge in [0.2, 0.25) is 0 Å². The fraction of sp³-hybridized carbons (Fsp3) is 0.381. The molecule has 7 heteroatoms. The topological polar surface area (TPSA) is 82.2 Å². The zero-order valence-corrected chi connectivity index (χ0v) is 16.9. The zero-order valence-electron chi connectivity index (χ0n) is 16.1. The number of nitriles is 2. The molecular formula is C21H22N4O2S. The average molecular weight is 395 g/mol. The van der Waals surface area contributed by atoms with Gasteiger partial charge in [-0.2, -0.15) is 10.5 Å². The predicted octanol–water partition coefficient (Wildman–Crippen LogP) is 3.84. The summed E-state index contributed by atoms with van der Waals surface area (Å²) in [5, 5.41) is 20.4. The average Bonchev–Trinajstić information content (AvgIpc) is 2.67. The number of thioether (sulfide) groups is 1. The SMILES string of the molecule is CCSc1nc(N2CCC2)c(C#N)c(-c2ccc(OCCOC)cc2)c1C#N. The van der Waals surface area contributed by atoms with Crippen LogP contribution in [0.4, 0.5) is 5.82 Å². The van der Waals surface area contributed by atoms with Crippen molar-refractivity contribution in [1.29, 1.82) is 10.5 Å². The first-order valence-electron chi connectivity index (χ1n) is 9.21. The Bertz CT molecular complexity index is 912. The molecule has 1 saturated heterocycles. The Morgan fingerprint density at radius 1 is 1.11 bits per heavy atom. The van der Waals surface area contributed by atoms with Gasteiger partial charge in [-0.1, -0.05) is 19.1 Å². The summed E-state index contributed by atoms with van der Waals surface area (Å²) < 4.78 is 10.6. The van der Waals surface area contributed by atoms with Gasteiger partial charge in [0, 0.05) is 25.8 Å². The van der Waals surface area contributed by atoms with E-state index in [0.717, 1.165) is 36.6 Å². The molecule has 0 aliphatic carbocycles. The van der Waals surface area contributed by atoms with Gasteiger partial charge in [-0.15, -0.1) is 11.8 Å². The molecule has 0 saturated carbocycles. The Kier molecular flexibility index (Phi) is 6.76. The quantitative estimate of drug-likeness (QED) is 0.497. The molecule has 0 N–H and O–H groups in total.